The SMILES string of the molecule is O=C(c1n[nH]c2ccccc12)N1[C@@H]2CC[C@H]1[C@](CO)(Cc1ccccc1)C2. The van der Waals surface area contributed by atoms with Gasteiger partial charge >= 0.3 is 0 Å². The number of aromatic amines is 1. The first-order valence-electron chi connectivity index (χ1n) is 9.62. The van der Waals surface area contributed by atoms with Crippen molar-refractivity contribution < 1.29 is 9.90 Å². The van der Waals surface area contributed by atoms with Gasteiger partial charge in [-0.25, -0.2) is 0 Å². The lowest BCUT2D eigenvalue weighted by molar-refractivity contribution is 0.0568. The molecule has 3 aromatic rings. The molecule has 2 aromatic carbocycles. The van der Waals surface area contributed by atoms with Crippen LogP contribution in [0, 0.1) is 5.41 Å². The maximum atomic E-state index is 13.4. The molecule has 1 aromatic heterocycles. The second-order valence-corrected chi connectivity index (χ2v) is 7.96. The predicted octanol–water partition coefficient (Wildman–Crippen LogP) is 3.16. The number of benzene rings is 2. The van der Waals surface area contributed by atoms with Gasteiger partial charge in [0.1, 0.15) is 0 Å². The zero-order valence-corrected chi connectivity index (χ0v) is 15.1. The number of carbonyl (C=O) groups excluding carboxylic acids is 1. The summed E-state index contributed by atoms with van der Waals surface area (Å²) >= 11 is 0. The smallest absolute Gasteiger partial charge is 0.275 e. The summed E-state index contributed by atoms with van der Waals surface area (Å²) in [5, 5.41) is 18.5. The van der Waals surface area contributed by atoms with Gasteiger partial charge < -0.3 is 10.0 Å². The van der Waals surface area contributed by atoms with Crippen molar-refractivity contribution in [1.82, 2.24) is 15.1 Å². The second-order valence-electron chi connectivity index (χ2n) is 7.96. The molecule has 2 fully saturated rings. The van der Waals surface area contributed by atoms with Gasteiger partial charge in [-0.1, -0.05) is 48.5 Å². The number of amides is 1. The van der Waals surface area contributed by atoms with Gasteiger partial charge in [-0.15, -0.1) is 0 Å². The van der Waals surface area contributed by atoms with Gasteiger partial charge in [-0.05, 0) is 37.3 Å². The van der Waals surface area contributed by atoms with E-state index in [0.29, 0.717) is 5.69 Å². The van der Waals surface area contributed by atoms with E-state index in [1.54, 1.807) is 0 Å². The Labute approximate surface area is 158 Å². The first-order chi connectivity index (χ1) is 13.2. The minimum Gasteiger partial charge on any atom is -0.396 e. The Kier molecular flexibility index (Phi) is 3.79. The van der Waals surface area contributed by atoms with Crippen LogP contribution in [-0.4, -0.2) is 44.8 Å². The molecule has 0 spiro atoms. The van der Waals surface area contributed by atoms with Crippen LogP contribution in [0.2, 0.25) is 0 Å². The summed E-state index contributed by atoms with van der Waals surface area (Å²) in [5.41, 5.74) is 2.34. The monoisotopic (exact) mass is 361 g/mol. The molecule has 2 aliphatic heterocycles. The summed E-state index contributed by atoms with van der Waals surface area (Å²) in [4.78, 5) is 15.4. The van der Waals surface area contributed by atoms with Crippen molar-refractivity contribution in [2.75, 3.05) is 6.61 Å². The van der Waals surface area contributed by atoms with E-state index in [0.717, 1.165) is 36.6 Å². The molecule has 2 saturated heterocycles. The fourth-order valence-electron chi connectivity index (χ4n) is 5.26. The lowest BCUT2D eigenvalue weighted by Crippen LogP contribution is -2.44. The van der Waals surface area contributed by atoms with Crippen LogP contribution in [0.4, 0.5) is 0 Å². The van der Waals surface area contributed by atoms with E-state index in [2.05, 4.69) is 22.3 Å². The Balaban J connectivity index is 1.48. The highest BCUT2D eigenvalue weighted by Crippen LogP contribution is 2.51. The molecule has 5 heteroatoms. The van der Waals surface area contributed by atoms with Crippen LogP contribution in [-0.2, 0) is 6.42 Å². The highest BCUT2D eigenvalue weighted by Gasteiger charge is 2.57. The molecule has 2 N–H and O–H groups in total. The zero-order chi connectivity index (χ0) is 18.4. The van der Waals surface area contributed by atoms with E-state index in [-0.39, 0.29) is 30.0 Å². The third kappa shape index (κ3) is 2.49. The quantitative estimate of drug-likeness (QED) is 0.750. The van der Waals surface area contributed by atoms with Crippen molar-refractivity contribution in [3.8, 4) is 0 Å². The number of hydrogen-bond acceptors (Lipinski definition) is 3. The number of aliphatic hydroxyl groups excluding tert-OH is 1. The number of para-hydroxylation sites is 1. The maximum Gasteiger partial charge on any atom is 0.275 e. The average Bonchev–Trinajstić information content (AvgIpc) is 3.40. The lowest BCUT2D eigenvalue weighted by Gasteiger charge is -2.36. The molecule has 0 radical (unpaired) electrons. The number of carbonyl (C=O) groups is 1. The van der Waals surface area contributed by atoms with E-state index in [1.165, 1.54) is 5.56 Å². The molecule has 3 heterocycles. The molecule has 0 unspecified atom stereocenters. The first kappa shape index (κ1) is 16.5. The fourth-order valence-corrected chi connectivity index (χ4v) is 5.26. The van der Waals surface area contributed by atoms with Crippen LogP contribution in [0.15, 0.2) is 54.6 Å². The summed E-state index contributed by atoms with van der Waals surface area (Å²) < 4.78 is 0. The van der Waals surface area contributed by atoms with Crippen molar-refractivity contribution in [3.05, 3.63) is 65.9 Å². The van der Waals surface area contributed by atoms with Crippen molar-refractivity contribution in [2.24, 2.45) is 5.41 Å². The van der Waals surface area contributed by atoms with Crippen molar-refractivity contribution in [3.63, 3.8) is 0 Å². The predicted molar refractivity (Wildman–Crippen MR) is 103 cm³/mol. The Morgan fingerprint density at radius 3 is 2.74 bits per heavy atom. The second kappa shape index (κ2) is 6.20. The Hall–Kier alpha value is -2.66. The Bertz CT molecular complexity index is 983. The van der Waals surface area contributed by atoms with E-state index in [9.17, 15) is 9.90 Å². The van der Waals surface area contributed by atoms with Crippen LogP contribution in [0.3, 0.4) is 0 Å². The number of H-pyrrole nitrogens is 1. The highest BCUT2D eigenvalue weighted by molar-refractivity contribution is 6.05. The van der Waals surface area contributed by atoms with E-state index >= 15 is 0 Å². The number of nitrogens with zero attached hydrogens (tertiary/aromatic N) is 2. The molecule has 5 nitrogen and oxygen atoms in total. The van der Waals surface area contributed by atoms with Gasteiger partial charge in [0.2, 0.25) is 0 Å². The third-order valence-electron chi connectivity index (χ3n) is 6.47. The molecule has 0 aliphatic carbocycles. The maximum absolute atomic E-state index is 13.4. The largest absolute Gasteiger partial charge is 0.396 e. The highest BCUT2D eigenvalue weighted by atomic mass is 16.3. The van der Waals surface area contributed by atoms with Gasteiger partial charge in [-0.3, -0.25) is 9.89 Å². The normalized spacial score (nSPS) is 26.8. The van der Waals surface area contributed by atoms with Crippen LogP contribution in [0.5, 0.6) is 0 Å². The summed E-state index contributed by atoms with van der Waals surface area (Å²) in [5.74, 6) is -0.0108. The van der Waals surface area contributed by atoms with Crippen LogP contribution in [0.1, 0.15) is 35.3 Å². The van der Waals surface area contributed by atoms with E-state index in [4.69, 9.17) is 0 Å². The molecule has 5 rings (SSSR count). The Morgan fingerprint density at radius 1 is 1.15 bits per heavy atom. The first-order valence-corrected chi connectivity index (χ1v) is 9.62. The minimum atomic E-state index is -0.258. The summed E-state index contributed by atoms with van der Waals surface area (Å²) in [6, 6.07) is 18.3. The molecule has 1 amide bonds. The Morgan fingerprint density at radius 2 is 1.93 bits per heavy atom. The lowest BCUT2D eigenvalue weighted by atomic mass is 9.70. The number of aliphatic hydroxyl groups is 1. The van der Waals surface area contributed by atoms with Crippen molar-refractivity contribution in [1.29, 1.82) is 0 Å². The molecular weight excluding hydrogens is 338 g/mol. The number of aromatic nitrogens is 2. The van der Waals surface area contributed by atoms with Gasteiger partial charge in [0.05, 0.1) is 12.1 Å². The summed E-state index contributed by atoms with van der Waals surface area (Å²) in [6.07, 6.45) is 3.62. The molecule has 2 bridgehead atoms. The topological polar surface area (TPSA) is 69.2 Å². The van der Waals surface area contributed by atoms with Crippen LogP contribution >= 0.6 is 0 Å². The van der Waals surface area contributed by atoms with Crippen LogP contribution < -0.4 is 0 Å². The standard InChI is InChI=1S/C22H23N3O2/c26-14-22(12-15-6-2-1-3-7-15)13-16-10-11-19(22)25(16)21(27)20-17-8-4-5-9-18(17)23-24-20/h1-9,16,19,26H,10-14H2,(H,23,24)/t16-,19+,22-/m1/s1. The van der Waals surface area contributed by atoms with Gasteiger partial charge in [0, 0.05) is 22.9 Å². The van der Waals surface area contributed by atoms with Crippen molar-refractivity contribution in [2.45, 2.75) is 37.8 Å². The molecule has 3 atom stereocenters. The molecule has 2 aliphatic rings. The number of nitrogens with one attached hydrogen (secondary N) is 1. The molecule has 27 heavy (non-hydrogen) atoms. The summed E-state index contributed by atoms with van der Waals surface area (Å²) in [7, 11) is 0. The van der Waals surface area contributed by atoms with E-state index < -0.39 is 0 Å². The number of rotatable bonds is 4. The third-order valence-corrected chi connectivity index (χ3v) is 6.47. The van der Waals surface area contributed by atoms with E-state index in [1.807, 2.05) is 47.4 Å². The van der Waals surface area contributed by atoms with Crippen LogP contribution in [0.25, 0.3) is 10.9 Å². The van der Waals surface area contributed by atoms with Gasteiger partial charge in [0.25, 0.3) is 5.91 Å². The van der Waals surface area contributed by atoms with Gasteiger partial charge in [-0.2, -0.15) is 5.10 Å². The summed E-state index contributed by atoms with van der Waals surface area (Å²) in [6.45, 7) is 0.105. The number of fused-ring (bicyclic) bond motifs is 3. The average molecular weight is 361 g/mol. The zero-order valence-electron chi connectivity index (χ0n) is 15.1. The number of hydrogen-bond donors (Lipinski definition) is 2. The van der Waals surface area contributed by atoms with Gasteiger partial charge in [0.15, 0.2) is 5.69 Å². The fraction of sp³-hybridized carbons (Fsp3) is 0.364. The minimum absolute atomic E-state index is 0.0108. The van der Waals surface area contributed by atoms with Crippen molar-refractivity contribution >= 4 is 16.8 Å². The molecule has 0 saturated carbocycles. The molecular formula is C22H23N3O2. The molecule has 138 valence electrons.